The highest BCUT2D eigenvalue weighted by Crippen LogP contribution is 2.33. The number of ether oxygens (including phenoxy) is 2. The zero-order valence-electron chi connectivity index (χ0n) is 22.9. The van der Waals surface area contributed by atoms with E-state index in [1.54, 1.807) is 0 Å². The van der Waals surface area contributed by atoms with Crippen LogP contribution in [0.1, 0.15) is 77.0 Å². The van der Waals surface area contributed by atoms with Crippen molar-refractivity contribution >= 4 is 29.7 Å². The molecule has 0 aromatic heterocycles. The lowest BCUT2D eigenvalue weighted by Gasteiger charge is -2.19. The molecule has 0 unspecified atom stereocenters. The van der Waals surface area contributed by atoms with E-state index in [2.05, 4.69) is 89.9 Å². The first-order chi connectivity index (χ1) is 18.9. The summed E-state index contributed by atoms with van der Waals surface area (Å²) in [6, 6.07) is 30.5. The number of nitrogens with zero attached hydrogens (tertiary/aromatic N) is 1. The maximum Gasteiger partial charge on any atom is 0.183 e. The van der Waals surface area contributed by atoms with Crippen molar-refractivity contribution in [1.82, 2.24) is 0 Å². The molecule has 0 amide bonds. The van der Waals surface area contributed by atoms with E-state index in [9.17, 15) is 0 Å². The van der Waals surface area contributed by atoms with E-state index in [4.69, 9.17) is 9.47 Å². The van der Waals surface area contributed by atoms with Gasteiger partial charge in [0.05, 0.1) is 13.2 Å². The van der Waals surface area contributed by atoms with E-state index < -0.39 is 7.92 Å². The van der Waals surface area contributed by atoms with Gasteiger partial charge in [0.1, 0.15) is 12.4 Å². The summed E-state index contributed by atoms with van der Waals surface area (Å²) >= 11 is 0. The van der Waals surface area contributed by atoms with Gasteiger partial charge in [-0.05, 0) is 48.8 Å². The summed E-state index contributed by atoms with van der Waals surface area (Å²) < 4.78 is 11.5. The fourth-order valence-corrected chi connectivity index (χ4v) is 7.26. The molecular formula is C34H44NO2P. The Morgan fingerprint density at radius 1 is 0.579 bits per heavy atom. The molecule has 0 saturated carbocycles. The number of hydrogen-bond acceptors (Lipinski definition) is 3. The van der Waals surface area contributed by atoms with Crippen molar-refractivity contribution in [2.45, 2.75) is 77.0 Å². The van der Waals surface area contributed by atoms with Gasteiger partial charge in [0.25, 0.3) is 0 Å². The molecule has 3 nitrogen and oxygen atoms in total. The highest BCUT2D eigenvalue weighted by molar-refractivity contribution is 7.79. The fraction of sp³-hybridized carbons (Fsp3) is 0.441. The molecule has 1 heterocycles. The molecule has 3 aromatic rings. The van der Waals surface area contributed by atoms with Crippen molar-refractivity contribution in [1.29, 1.82) is 0 Å². The van der Waals surface area contributed by atoms with Crippen molar-refractivity contribution in [3.63, 3.8) is 0 Å². The van der Waals surface area contributed by atoms with Crippen molar-refractivity contribution in [2.24, 2.45) is 4.99 Å². The Kier molecular flexibility index (Phi) is 12.7. The molecule has 0 aliphatic carbocycles. The Morgan fingerprint density at radius 2 is 1.08 bits per heavy atom. The van der Waals surface area contributed by atoms with Crippen molar-refractivity contribution in [2.75, 3.05) is 19.8 Å². The van der Waals surface area contributed by atoms with Crippen LogP contribution in [0.2, 0.25) is 0 Å². The molecule has 0 spiro atoms. The van der Waals surface area contributed by atoms with Crippen LogP contribution < -0.4 is 20.7 Å². The number of rotatable bonds is 18. The Balaban J connectivity index is 1.05. The van der Waals surface area contributed by atoms with Gasteiger partial charge in [-0.1, -0.05) is 131 Å². The van der Waals surface area contributed by atoms with Crippen molar-refractivity contribution < 1.29 is 9.47 Å². The Labute approximate surface area is 231 Å². The van der Waals surface area contributed by atoms with Gasteiger partial charge in [-0.2, -0.15) is 0 Å². The summed E-state index contributed by atoms with van der Waals surface area (Å²) in [5, 5.41) is 4.12. The maximum absolute atomic E-state index is 6.07. The van der Waals surface area contributed by atoms with Crippen LogP contribution in [0.25, 0.3) is 0 Å². The maximum atomic E-state index is 6.07. The molecule has 4 heteroatoms. The van der Waals surface area contributed by atoms with Gasteiger partial charge in [-0.25, -0.2) is 0 Å². The topological polar surface area (TPSA) is 30.8 Å². The highest BCUT2D eigenvalue weighted by Gasteiger charge is 2.16. The average Bonchev–Trinajstić information content (AvgIpc) is 3.49. The van der Waals surface area contributed by atoms with Gasteiger partial charge in [-0.15, -0.1) is 0 Å². The lowest BCUT2D eigenvalue weighted by molar-refractivity contribution is 0.304. The Hall–Kier alpha value is -2.64. The number of benzene rings is 3. The van der Waals surface area contributed by atoms with Crippen LogP contribution in [0.4, 0.5) is 0 Å². The molecule has 0 radical (unpaired) electrons. The number of hydrogen-bond donors (Lipinski definition) is 0. The standard InChI is InChI=1S/C34H44NO2P/c1(2-4-6-8-16-22-34-35-27-29-37-34)3-5-7-9-17-28-36-30-23-25-33(26-24-30)38(31-18-12-10-13-19-31)32-20-14-11-15-21-32/h10-15,18-21,23-26H,1-9,16-17,22,27-29H2. The second-order valence-corrected chi connectivity index (χ2v) is 12.3. The molecule has 1 aliphatic rings. The largest absolute Gasteiger partial charge is 0.494 e. The van der Waals surface area contributed by atoms with Gasteiger partial charge in [0, 0.05) is 6.42 Å². The molecule has 1 aliphatic heterocycles. The quantitative estimate of drug-likeness (QED) is 0.124. The molecule has 202 valence electrons. The van der Waals surface area contributed by atoms with E-state index in [1.807, 2.05) is 0 Å². The first-order valence-electron chi connectivity index (χ1n) is 14.7. The van der Waals surface area contributed by atoms with E-state index in [1.165, 1.54) is 80.1 Å². The molecule has 0 saturated heterocycles. The van der Waals surface area contributed by atoms with E-state index in [-0.39, 0.29) is 0 Å². The minimum atomic E-state index is -0.557. The highest BCUT2D eigenvalue weighted by atomic mass is 31.1. The molecule has 4 rings (SSSR count). The minimum absolute atomic E-state index is 0.557. The van der Waals surface area contributed by atoms with Crippen LogP contribution in [0.3, 0.4) is 0 Å². The summed E-state index contributed by atoms with van der Waals surface area (Å²) in [7, 11) is -0.557. The van der Waals surface area contributed by atoms with Crippen LogP contribution in [0.15, 0.2) is 89.9 Å². The first-order valence-corrected chi connectivity index (χ1v) is 16.0. The smallest absolute Gasteiger partial charge is 0.183 e. The summed E-state index contributed by atoms with van der Waals surface area (Å²) in [6.45, 7) is 2.47. The molecule has 38 heavy (non-hydrogen) atoms. The molecule has 0 fully saturated rings. The van der Waals surface area contributed by atoms with Gasteiger partial charge < -0.3 is 9.47 Å². The minimum Gasteiger partial charge on any atom is -0.494 e. The van der Waals surface area contributed by atoms with Crippen LogP contribution in [0.5, 0.6) is 5.75 Å². The normalized spacial score (nSPS) is 12.9. The van der Waals surface area contributed by atoms with E-state index in [0.29, 0.717) is 0 Å². The third kappa shape index (κ3) is 9.91. The van der Waals surface area contributed by atoms with E-state index >= 15 is 0 Å². The molecule has 0 bridgehead atoms. The SMILES string of the molecule is c1ccc(P(c2ccccc2)c2ccc(OCCCCCCCCCCCCCC3=NCCO3)cc2)cc1. The van der Waals surface area contributed by atoms with Crippen LogP contribution in [0, 0.1) is 0 Å². The average molecular weight is 530 g/mol. The summed E-state index contributed by atoms with van der Waals surface area (Å²) in [5.74, 6) is 1.97. The predicted octanol–water partition coefficient (Wildman–Crippen LogP) is 7.93. The van der Waals surface area contributed by atoms with Crippen LogP contribution in [-0.2, 0) is 4.74 Å². The van der Waals surface area contributed by atoms with Crippen LogP contribution >= 0.6 is 7.92 Å². The monoisotopic (exact) mass is 529 g/mol. The third-order valence-electron chi connectivity index (χ3n) is 7.08. The molecule has 0 atom stereocenters. The zero-order chi connectivity index (χ0) is 26.1. The second-order valence-electron chi connectivity index (χ2n) is 10.1. The third-order valence-corrected chi connectivity index (χ3v) is 9.52. The molecule has 0 N–H and O–H groups in total. The van der Waals surface area contributed by atoms with Crippen LogP contribution in [-0.4, -0.2) is 25.7 Å². The second kappa shape index (κ2) is 17.0. The number of unbranched alkanes of at least 4 members (excludes halogenated alkanes) is 10. The van der Waals surface area contributed by atoms with Gasteiger partial charge >= 0.3 is 0 Å². The summed E-state index contributed by atoms with van der Waals surface area (Å²) in [6.07, 6.45) is 15.5. The summed E-state index contributed by atoms with van der Waals surface area (Å²) in [5.41, 5.74) is 0. The molecular weight excluding hydrogens is 485 g/mol. The Morgan fingerprint density at radius 3 is 1.61 bits per heavy atom. The lowest BCUT2D eigenvalue weighted by Crippen LogP contribution is -2.20. The first kappa shape index (κ1) is 28.4. The number of aliphatic imine (C=N–C) groups is 1. The fourth-order valence-electron chi connectivity index (χ4n) is 4.98. The molecule has 3 aromatic carbocycles. The predicted molar refractivity (Wildman–Crippen MR) is 164 cm³/mol. The van der Waals surface area contributed by atoms with Gasteiger partial charge in [-0.3, -0.25) is 4.99 Å². The van der Waals surface area contributed by atoms with Gasteiger partial charge in [0.15, 0.2) is 5.90 Å². The van der Waals surface area contributed by atoms with Crippen molar-refractivity contribution in [3.05, 3.63) is 84.9 Å². The Bertz CT molecular complexity index is 1010. The summed E-state index contributed by atoms with van der Waals surface area (Å²) in [4.78, 5) is 4.36. The van der Waals surface area contributed by atoms with Crippen molar-refractivity contribution in [3.8, 4) is 5.75 Å². The van der Waals surface area contributed by atoms with E-state index in [0.717, 1.165) is 44.2 Å². The zero-order valence-corrected chi connectivity index (χ0v) is 23.8. The van der Waals surface area contributed by atoms with Gasteiger partial charge in [0.2, 0.25) is 0 Å². The lowest BCUT2D eigenvalue weighted by atomic mass is 10.1.